The molecule has 1 atom stereocenters. The number of nitrogens with one attached hydrogen (secondary N) is 2. The molecule has 2 heterocycles. The van der Waals surface area contributed by atoms with Crippen molar-refractivity contribution >= 4 is 35.0 Å². The number of thioether (sulfide) groups is 1. The number of rotatable bonds is 5. The van der Waals surface area contributed by atoms with Gasteiger partial charge in [-0.2, -0.15) is 0 Å². The first-order valence-corrected chi connectivity index (χ1v) is 9.60. The molecule has 0 fully saturated rings. The summed E-state index contributed by atoms with van der Waals surface area (Å²) in [7, 11) is 1.46. The summed E-state index contributed by atoms with van der Waals surface area (Å²) >= 11 is 2.82. The first-order valence-electron chi connectivity index (χ1n) is 7.84. The molecule has 7 nitrogen and oxygen atoms in total. The van der Waals surface area contributed by atoms with E-state index >= 15 is 0 Å². The quantitative estimate of drug-likeness (QED) is 0.657. The van der Waals surface area contributed by atoms with Crippen molar-refractivity contribution in [1.29, 1.82) is 0 Å². The molecule has 0 bridgehead atoms. The van der Waals surface area contributed by atoms with Gasteiger partial charge in [-0.3, -0.25) is 14.7 Å². The normalized spacial score (nSPS) is 11.8. The second-order valence-corrected chi connectivity index (χ2v) is 7.54. The van der Waals surface area contributed by atoms with Gasteiger partial charge in [0.05, 0.1) is 10.1 Å². The Balaban J connectivity index is 1.93. The summed E-state index contributed by atoms with van der Waals surface area (Å²) in [5.41, 5.74) is 0.905. The molecule has 0 aliphatic rings. The summed E-state index contributed by atoms with van der Waals surface area (Å²) in [5.74, 6) is 0.322. The maximum atomic E-state index is 12.2. The van der Waals surface area contributed by atoms with E-state index < -0.39 is 17.2 Å². The van der Waals surface area contributed by atoms with E-state index in [1.807, 2.05) is 52.4 Å². The first-order chi connectivity index (χ1) is 12.6. The van der Waals surface area contributed by atoms with Gasteiger partial charge in [0.15, 0.2) is 11.0 Å². The Kier molecular flexibility index (Phi) is 5.69. The van der Waals surface area contributed by atoms with Crippen LogP contribution in [0.1, 0.15) is 6.92 Å². The van der Waals surface area contributed by atoms with Crippen LogP contribution in [0.5, 0.6) is 0 Å². The lowest BCUT2D eigenvalue weighted by atomic mass is 10.3. The molecule has 0 aliphatic carbocycles. The van der Waals surface area contributed by atoms with Gasteiger partial charge < -0.3 is 5.32 Å². The summed E-state index contributed by atoms with van der Waals surface area (Å²) in [6.45, 7) is 1.72. The van der Waals surface area contributed by atoms with E-state index in [0.717, 1.165) is 10.6 Å². The number of carbonyl (C=O) groups is 2. The molecule has 3 aromatic rings. The average Bonchev–Trinajstić information content (AvgIpc) is 3.31. The lowest BCUT2D eigenvalue weighted by Gasteiger charge is -2.13. The molecular weight excluding hydrogens is 370 g/mol. The van der Waals surface area contributed by atoms with Crippen molar-refractivity contribution in [3.8, 4) is 16.4 Å². The molecule has 9 heteroatoms. The molecule has 2 N–H and O–H groups in total. The van der Waals surface area contributed by atoms with Crippen LogP contribution in [0.25, 0.3) is 16.4 Å². The molecule has 26 heavy (non-hydrogen) atoms. The highest BCUT2D eigenvalue weighted by Crippen LogP contribution is 2.31. The fourth-order valence-corrected chi connectivity index (χ4v) is 3.78. The van der Waals surface area contributed by atoms with Crippen molar-refractivity contribution in [3.63, 3.8) is 0 Å². The number of para-hydroxylation sites is 1. The highest BCUT2D eigenvalue weighted by molar-refractivity contribution is 8.00. The van der Waals surface area contributed by atoms with Crippen LogP contribution < -0.4 is 10.6 Å². The minimum absolute atomic E-state index is 0.394. The Morgan fingerprint density at radius 1 is 1.15 bits per heavy atom. The summed E-state index contributed by atoms with van der Waals surface area (Å²) < 4.78 is 1.92. The van der Waals surface area contributed by atoms with E-state index in [1.165, 1.54) is 18.8 Å². The van der Waals surface area contributed by atoms with Crippen LogP contribution >= 0.6 is 23.1 Å². The molecule has 134 valence electrons. The molecule has 0 aliphatic heterocycles. The third kappa shape index (κ3) is 3.94. The summed E-state index contributed by atoms with van der Waals surface area (Å²) in [6.07, 6.45) is 0. The van der Waals surface area contributed by atoms with E-state index in [4.69, 9.17) is 0 Å². The Morgan fingerprint density at radius 2 is 1.92 bits per heavy atom. The van der Waals surface area contributed by atoms with Crippen molar-refractivity contribution in [1.82, 2.24) is 25.4 Å². The van der Waals surface area contributed by atoms with Crippen LogP contribution in [0.15, 0.2) is 53.0 Å². The van der Waals surface area contributed by atoms with Gasteiger partial charge in [-0.25, -0.2) is 4.79 Å². The molecule has 1 aromatic carbocycles. The molecule has 0 unspecified atom stereocenters. The van der Waals surface area contributed by atoms with Crippen molar-refractivity contribution in [2.75, 3.05) is 7.05 Å². The van der Waals surface area contributed by atoms with Crippen LogP contribution in [0.2, 0.25) is 0 Å². The van der Waals surface area contributed by atoms with Crippen LogP contribution in [-0.2, 0) is 4.79 Å². The van der Waals surface area contributed by atoms with E-state index in [9.17, 15) is 9.59 Å². The second-order valence-electron chi connectivity index (χ2n) is 5.28. The maximum Gasteiger partial charge on any atom is 0.321 e. The number of hydrogen-bond acceptors (Lipinski definition) is 6. The SMILES string of the molecule is CNC(=O)NC(=O)[C@H](C)Sc1nnc(-c2cccs2)n1-c1ccccc1. The molecule has 0 saturated heterocycles. The van der Waals surface area contributed by atoms with Gasteiger partial charge >= 0.3 is 6.03 Å². The lowest BCUT2D eigenvalue weighted by Crippen LogP contribution is -2.41. The minimum atomic E-state index is -0.536. The van der Waals surface area contributed by atoms with Crippen LogP contribution in [-0.4, -0.2) is 39.0 Å². The average molecular weight is 387 g/mol. The number of urea groups is 1. The van der Waals surface area contributed by atoms with Gasteiger partial charge in [-0.05, 0) is 30.5 Å². The Hall–Kier alpha value is -2.65. The van der Waals surface area contributed by atoms with Gasteiger partial charge in [-0.1, -0.05) is 36.0 Å². The fraction of sp³-hybridized carbons (Fsp3) is 0.176. The Labute approximate surface area is 158 Å². The third-order valence-corrected chi connectivity index (χ3v) is 5.41. The zero-order valence-electron chi connectivity index (χ0n) is 14.2. The molecule has 0 spiro atoms. The number of benzene rings is 1. The number of amides is 3. The van der Waals surface area contributed by atoms with Crippen molar-refractivity contribution in [2.24, 2.45) is 0 Å². The second kappa shape index (κ2) is 8.15. The minimum Gasteiger partial charge on any atom is -0.341 e. The molecular formula is C17H17N5O2S2. The zero-order chi connectivity index (χ0) is 18.5. The van der Waals surface area contributed by atoms with Gasteiger partial charge in [0.25, 0.3) is 0 Å². The van der Waals surface area contributed by atoms with Gasteiger partial charge in [-0.15, -0.1) is 21.5 Å². The number of imide groups is 1. The summed E-state index contributed by atoms with van der Waals surface area (Å²) in [6, 6.07) is 13.1. The lowest BCUT2D eigenvalue weighted by molar-refractivity contribution is -0.119. The monoisotopic (exact) mass is 387 g/mol. The number of carbonyl (C=O) groups excluding carboxylic acids is 2. The highest BCUT2D eigenvalue weighted by atomic mass is 32.2. The van der Waals surface area contributed by atoms with Crippen molar-refractivity contribution < 1.29 is 9.59 Å². The summed E-state index contributed by atoms with van der Waals surface area (Å²) in [4.78, 5) is 24.5. The molecule has 3 rings (SSSR count). The zero-order valence-corrected chi connectivity index (χ0v) is 15.8. The van der Waals surface area contributed by atoms with Gasteiger partial charge in [0.2, 0.25) is 5.91 Å². The Morgan fingerprint density at radius 3 is 2.58 bits per heavy atom. The number of thiophene rings is 1. The van der Waals surface area contributed by atoms with Gasteiger partial charge in [0, 0.05) is 12.7 Å². The van der Waals surface area contributed by atoms with E-state index in [2.05, 4.69) is 20.8 Å². The predicted octanol–water partition coefficient (Wildman–Crippen LogP) is 2.93. The fourth-order valence-electron chi connectivity index (χ4n) is 2.21. The third-order valence-electron chi connectivity index (χ3n) is 3.50. The Bertz CT molecular complexity index is 893. The maximum absolute atomic E-state index is 12.2. The van der Waals surface area contributed by atoms with Crippen LogP contribution in [0.3, 0.4) is 0 Å². The summed E-state index contributed by atoms with van der Waals surface area (Å²) in [5, 5.41) is 15.3. The predicted molar refractivity (Wildman–Crippen MR) is 103 cm³/mol. The highest BCUT2D eigenvalue weighted by Gasteiger charge is 2.23. The van der Waals surface area contributed by atoms with Crippen molar-refractivity contribution in [3.05, 3.63) is 47.8 Å². The number of nitrogens with zero attached hydrogens (tertiary/aromatic N) is 3. The van der Waals surface area contributed by atoms with E-state index in [0.29, 0.717) is 11.0 Å². The number of aromatic nitrogens is 3. The van der Waals surface area contributed by atoms with E-state index in [1.54, 1.807) is 18.3 Å². The van der Waals surface area contributed by atoms with Crippen LogP contribution in [0, 0.1) is 0 Å². The first kappa shape index (κ1) is 18.2. The molecule has 2 aromatic heterocycles. The molecule has 3 amide bonds. The standard InChI is InChI=1S/C17H17N5O2S2/c1-11(15(23)19-16(24)18-2)26-17-21-20-14(13-9-6-10-25-13)22(17)12-7-4-3-5-8-12/h3-11H,1-2H3,(H2,18,19,23,24)/t11-/m0/s1. The molecule has 0 saturated carbocycles. The van der Waals surface area contributed by atoms with Crippen molar-refractivity contribution in [2.45, 2.75) is 17.3 Å². The molecule has 0 radical (unpaired) electrons. The topological polar surface area (TPSA) is 88.9 Å². The number of hydrogen-bond donors (Lipinski definition) is 2. The largest absolute Gasteiger partial charge is 0.341 e. The smallest absolute Gasteiger partial charge is 0.321 e. The van der Waals surface area contributed by atoms with E-state index in [-0.39, 0.29) is 0 Å². The van der Waals surface area contributed by atoms with Crippen LogP contribution in [0.4, 0.5) is 4.79 Å². The van der Waals surface area contributed by atoms with Gasteiger partial charge in [0.1, 0.15) is 0 Å².